The molecule has 2 aromatic rings. The molecule has 0 saturated carbocycles. The lowest BCUT2D eigenvalue weighted by molar-refractivity contribution is 0.100. The number of pyridine rings is 1. The standard InChI is InChI=1S/C13H14N2OS/c1-10-3-4-13(17-10)12(16)9-15(2)11-5-7-14-8-6-11/h3-8H,9H2,1-2H3. The first-order valence-corrected chi connectivity index (χ1v) is 6.19. The molecular formula is C13H14N2OS. The van der Waals surface area contributed by atoms with E-state index in [-0.39, 0.29) is 5.78 Å². The summed E-state index contributed by atoms with van der Waals surface area (Å²) in [6, 6.07) is 7.66. The van der Waals surface area contributed by atoms with E-state index in [1.807, 2.05) is 43.1 Å². The SMILES string of the molecule is Cc1ccc(C(=O)CN(C)c2ccncc2)s1. The molecule has 0 atom stereocenters. The Morgan fingerprint density at radius 2 is 2.00 bits per heavy atom. The van der Waals surface area contributed by atoms with Crippen molar-refractivity contribution in [2.24, 2.45) is 0 Å². The zero-order valence-corrected chi connectivity index (χ0v) is 10.7. The molecule has 0 aliphatic carbocycles. The quantitative estimate of drug-likeness (QED) is 0.778. The summed E-state index contributed by atoms with van der Waals surface area (Å²) in [4.78, 5) is 19.9. The van der Waals surface area contributed by atoms with Gasteiger partial charge in [-0.3, -0.25) is 9.78 Å². The summed E-state index contributed by atoms with van der Waals surface area (Å²) in [7, 11) is 1.91. The number of anilines is 1. The minimum Gasteiger partial charge on any atom is -0.367 e. The van der Waals surface area contributed by atoms with Gasteiger partial charge in [0.1, 0.15) is 0 Å². The van der Waals surface area contributed by atoms with E-state index in [0.29, 0.717) is 6.54 Å². The van der Waals surface area contributed by atoms with Crippen LogP contribution in [0, 0.1) is 6.92 Å². The van der Waals surface area contributed by atoms with Crippen molar-refractivity contribution in [3.8, 4) is 0 Å². The first-order valence-electron chi connectivity index (χ1n) is 5.37. The van der Waals surface area contributed by atoms with Gasteiger partial charge in [-0.05, 0) is 31.2 Å². The molecular weight excluding hydrogens is 232 g/mol. The number of carbonyl (C=O) groups excluding carboxylic acids is 1. The minimum atomic E-state index is 0.155. The summed E-state index contributed by atoms with van der Waals surface area (Å²) in [6.45, 7) is 2.40. The van der Waals surface area contributed by atoms with Crippen molar-refractivity contribution < 1.29 is 4.79 Å². The number of hydrogen-bond donors (Lipinski definition) is 0. The van der Waals surface area contributed by atoms with Crippen LogP contribution in [0.1, 0.15) is 14.5 Å². The smallest absolute Gasteiger partial charge is 0.191 e. The van der Waals surface area contributed by atoms with Crippen LogP contribution in [0.4, 0.5) is 5.69 Å². The molecule has 2 rings (SSSR count). The Balaban J connectivity index is 2.04. The number of aromatic nitrogens is 1. The third kappa shape index (κ3) is 2.91. The van der Waals surface area contributed by atoms with Gasteiger partial charge in [0.15, 0.2) is 5.78 Å². The van der Waals surface area contributed by atoms with Gasteiger partial charge >= 0.3 is 0 Å². The van der Waals surface area contributed by atoms with Crippen LogP contribution in [0.5, 0.6) is 0 Å². The molecule has 0 aromatic carbocycles. The van der Waals surface area contributed by atoms with Crippen LogP contribution in [0.15, 0.2) is 36.7 Å². The number of Topliss-reactive ketones (excluding diaryl/α,β-unsaturated/α-hetero) is 1. The molecule has 0 fully saturated rings. The molecule has 2 aromatic heterocycles. The Morgan fingerprint density at radius 3 is 2.59 bits per heavy atom. The van der Waals surface area contributed by atoms with E-state index in [2.05, 4.69) is 4.98 Å². The monoisotopic (exact) mass is 246 g/mol. The number of aryl methyl sites for hydroxylation is 1. The van der Waals surface area contributed by atoms with Gasteiger partial charge in [-0.1, -0.05) is 0 Å². The zero-order valence-electron chi connectivity index (χ0n) is 9.88. The van der Waals surface area contributed by atoms with Crippen LogP contribution in [0.3, 0.4) is 0 Å². The fraction of sp³-hybridized carbons (Fsp3) is 0.231. The topological polar surface area (TPSA) is 33.2 Å². The van der Waals surface area contributed by atoms with E-state index in [1.54, 1.807) is 23.7 Å². The molecule has 0 N–H and O–H groups in total. The van der Waals surface area contributed by atoms with Crippen molar-refractivity contribution in [2.45, 2.75) is 6.92 Å². The second kappa shape index (κ2) is 5.10. The van der Waals surface area contributed by atoms with E-state index >= 15 is 0 Å². The lowest BCUT2D eigenvalue weighted by Gasteiger charge is -2.17. The van der Waals surface area contributed by atoms with E-state index in [1.165, 1.54) is 4.88 Å². The van der Waals surface area contributed by atoms with Crippen LogP contribution >= 0.6 is 11.3 Å². The number of ketones is 1. The van der Waals surface area contributed by atoms with Gasteiger partial charge in [-0.25, -0.2) is 0 Å². The van der Waals surface area contributed by atoms with Gasteiger partial charge in [0, 0.05) is 30.0 Å². The molecule has 0 saturated heterocycles. The normalized spacial score (nSPS) is 10.2. The Hall–Kier alpha value is -1.68. The molecule has 0 aliphatic rings. The highest BCUT2D eigenvalue weighted by Crippen LogP contribution is 2.17. The molecule has 0 aliphatic heterocycles. The summed E-state index contributed by atoms with van der Waals surface area (Å²) < 4.78 is 0. The van der Waals surface area contributed by atoms with Gasteiger partial charge < -0.3 is 4.90 Å². The van der Waals surface area contributed by atoms with Crippen molar-refractivity contribution in [3.63, 3.8) is 0 Å². The number of nitrogens with zero attached hydrogens (tertiary/aromatic N) is 2. The second-order valence-electron chi connectivity index (χ2n) is 3.89. The summed E-state index contributed by atoms with van der Waals surface area (Å²) in [5.74, 6) is 0.155. The summed E-state index contributed by atoms with van der Waals surface area (Å²) in [5.41, 5.74) is 1.00. The number of likely N-dealkylation sites (N-methyl/N-ethyl adjacent to an activating group) is 1. The molecule has 0 amide bonds. The third-order valence-electron chi connectivity index (χ3n) is 2.50. The molecule has 3 nitrogen and oxygen atoms in total. The number of carbonyl (C=O) groups is 1. The highest BCUT2D eigenvalue weighted by Gasteiger charge is 2.11. The van der Waals surface area contributed by atoms with E-state index in [9.17, 15) is 4.79 Å². The molecule has 88 valence electrons. The molecule has 17 heavy (non-hydrogen) atoms. The van der Waals surface area contributed by atoms with Crippen molar-refractivity contribution in [1.29, 1.82) is 0 Å². The van der Waals surface area contributed by atoms with Crippen LogP contribution in [0.2, 0.25) is 0 Å². The molecule has 0 spiro atoms. The largest absolute Gasteiger partial charge is 0.367 e. The molecule has 2 heterocycles. The lowest BCUT2D eigenvalue weighted by Crippen LogP contribution is -2.25. The first kappa shape index (κ1) is 11.8. The van der Waals surface area contributed by atoms with Crippen molar-refractivity contribution in [2.75, 3.05) is 18.5 Å². The third-order valence-corrected chi connectivity index (χ3v) is 3.54. The summed E-state index contributed by atoms with van der Waals surface area (Å²) >= 11 is 1.54. The highest BCUT2D eigenvalue weighted by atomic mass is 32.1. The van der Waals surface area contributed by atoms with E-state index in [0.717, 1.165) is 10.6 Å². The average Bonchev–Trinajstić information content (AvgIpc) is 2.77. The maximum Gasteiger partial charge on any atom is 0.191 e. The molecule has 4 heteroatoms. The van der Waals surface area contributed by atoms with Crippen molar-refractivity contribution in [1.82, 2.24) is 4.98 Å². The fourth-order valence-electron chi connectivity index (χ4n) is 1.57. The van der Waals surface area contributed by atoms with E-state index in [4.69, 9.17) is 0 Å². The van der Waals surface area contributed by atoms with Gasteiger partial charge in [0.25, 0.3) is 0 Å². The van der Waals surface area contributed by atoms with E-state index < -0.39 is 0 Å². The Labute approximate surface area is 105 Å². The zero-order chi connectivity index (χ0) is 12.3. The number of hydrogen-bond acceptors (Lipinski definition) is 4. The van der Waals surface area contributed by atoms with Gasteiger partial charge in [0.05, 0.1) is 11.4 Å². The van der Waals surface area contributed by atoms with Gasteiger partial charge in [-0.2, -0.15) is 0 Å². The summed E-state index contributed by atoms with van der Waals surface area (Å²) in [6.07, 6.45) is 3.46. The fourth-order valence-corrected chi connectivity index (χ4v) is 2.36. The van der Waals surface area contributed by atoms with Crippen LogP contribution in [0.25, 0.3) is 0 Å². The Morgan fingerprint density at radius 1 is 1.29 bits per heavy atom. The second-order valence-corrected chi connectivity index (χ2v) is 5.18. The average molecular weight is 246 g/mol. The van der Waals surface area contributed by atoms with Crippen LogP contribution < -0.4 is 4.90 Å². The highest BCUT2D eigenvalue weighted by molar-refractivity contribution is 7.14. The molecule has 0 unspecified atom stereocenters. The maximum atomic E-state index is 12.0. The van der Waals surface area contributed by atoms with Crippen molar-refractivity contribution >= 4 is 22.8 Å². The van der Waals surface area contributed by atoms with Crippen LogP contribution in [-0.4, -0.2) is 24.4 Å². The Kier molecular flexibility index (Phi) is 3.54. The predicted molar refractivity (Wildman–Crippen MR) is 70.9 cm³/mol. The van der Waals surface area contributed by atoms with Crippen molar-refractivity contribution in [3.05, 3.63) is 46.4 Å². The summed E-state index contributed by atoms with van der Waals surface area (Å²) in [5, 5.41) is 0. The number of rotatable bonds is 4. The first-order chi connectivity index (χ1) is 8.16. The predicted octanol–water partition coefficient (Wildman–Crippen LogP) is 2.77. The maximum absolute atomic E-state index is 12.0. The Bertz CT molecular complexity index is 507. The minimum absolute atomic E-state index is 0.155. The van der Waals surface area contributed by atoms with Gasteiger partial charge in [-0.15, -0.1) is 11.3 Å². The lowest BCUT2D eigenvalue weighted by atomic mass is 10.3. The molecule has 0 bridgehead atoms. The number of thiophene rings is 1. The van der Waals surface area contributed by atoms with Gasteiger partial charge in [0.2, 0.25) is 0 Å². The molecule has 0 radical (unpaired) electrons. The van der Waals surface area contributed by atoms with Crippen LogP contribution in [-0.2, 0) is 0 Å².